The minimum Gasteiger partial charge on any atom is -0.311 e. The van der Waals surface area contributed by atoms with Crippen LogP contribution in [0.15, 0.2) is 309 Å². The van der Waals surface area contributed by atoms with Gasteiger partial charge in [-0.2, -0.15) is 0 Å². The summed E-state index contributed by atoms with van der Waals surface area (Å²) in [5.41, 5.74) is 22.5. The number of anilines is 3. The molecule has 352 valence electrons. The van der Waals surface area contributed by atoms with E-state index < -0.39 is 0 Å². The van der Waals surface area contributed by atoms with Crippen LogP contribution in [0.25, 0.3) is 111 Å². The lowest BCUT2D eigenvalue weighted by molar-refractivity contribution is 1.28. The van der Waals surface area contributed by atoms with Crippen molar-refractivity contribution in [3.8, 4) is 89.0 Å². The van der Waals surface area contributed by atoms with E-state index in [-0.39, 0.29) is 0 Å². The molecule has 0 fully saturated rings. The van der Waals surface area contributed by atoms with Gasteiger partial charge in [0, 0.05) is 17.1 Å². The number of nitrogens with zero attached hydrogens (tertiary/aromatic N) is 1. The van der Waals surface area contributed by atoms with Crippen LogP contribution in [0.4, 0.5) is 17.1 Å². The third-order valence-electron chi connectivity index (χ3n) is 14.7. The highest BCUT2D eigenvalue weighted by Crippen LogP contribution is 2.48. The van der Waals surface area contributed by atoms with Gasteiger partial charge in [-0.25, -0.2) is 0 Å². The van der Waals surface area contributed by atoms with Gasteiger partial charge in [0.05, 0.1) is 0 Å². The Morgan fingerprint density at radius 2 is 0.493 bits per heavy atom. The molecular formula is C74H51N. The fourth-order valence-electron chi connectivity index (χ4n) is 11.1. The van der Waals surface area contributed by atoms with Crippen LogP contribution < -0.4 is 4.90 Å². The molecule has 0 amide bonds. The Morgan fingerprint density at radius 3 is 0.987 bits per heavy atom. The summed E-state index contributed by atoms with van der Waals surface area (Å²) in [6, 6.07) is 112. The summed E-state index contributed by atoms with van der Waals surface area (Å²) >= 11 is 0. The summed E-state index contributed by atoms with van der Waals surface area (Å²) < 4.78 is 0. The van der Waals surface area contributed by atoms with E-state index in [0.717, 1.165) is 22.6 Å². The van der Waals surface area contributed by atoms with E-state index in [2.05, 4.69) is 314 Å². The lowest BCUT2D eigenvalue weighted by Gasteiger charge is -2.26. The first kappa shape index (κ1) is 45.1. The van der Waals surface area contributed by atoms with Crippen LogP contribution in [0.3, 0.4) is 0 Å². The quantitative estimate of drug-likeness (QED) is 0.117. The zero-order valence-electron chi connectivity index (χ0n) is 41.4. The SMILES string of the molecule is c1ccc(-c2ccc(-c3ccc(N(c4ccc(-c5ccc(-c6ccccc6)c(-c6ccccc6)c5)cc4)c4ccc(-c5cccc6c(-c7ccccc7)c(-c7ccccc7)c7ccccc7c56)cc4)cc3)cc2)cc1. The second-order valence-corrected chi connectivity index (χ2v) is 19.2. The topological polar surface area (TPSA) is 3.24 Å². The van der Waals surface area contributed by atoms with Gasteiger partial charge in [-0.05, 0) is 153 Å². The van der Waals surface area contributed by atoms with Gasteiger partial charge in [-0.1, -0.05) is 267 Å². The summed E-state index contributed by atoms with van der Waals surface area (Å²) in [7, 11) is 0. The van der Waals surface area contributed by atoms with E-state index in [9.17, 15) is 0 Å². The average Bonchev–Trinajstić information content (AvgIpc) is 3.52. The first-order chi connectivity index (χ1) is 37.2. The summed E-state index contributed by atoms with van der Waals surface area (Å²) in [6.45, 7) is 0. The molecule has 0 unspecified atom stereocenters. The Morgan fingerprint density at radius 1 is 0.173 bits per heavy atom. The van der Waals surface area contributed by atoms with E-state index in [1.807, 2.05) is 0 Å². The maximum atomic E-state index is 2.38. The molecular weight excluding hydrogens is 903 g/mol. The first-order valence-electron chi connectivity index (χ1n) is 25.8. The molecule has 0 aliphatic carbocycles. The normalized spacial score (nSPS) is 11.2. The van der Waals surface area contributed by atoms with Gasteiger partial charge in [-0.15, -0.1) is 0 Å². The molecule has 0 spiro atoms. The fourth-order valence-corrected chi connectivity index (χ4v) is 11.1. The van der Waals surface area contributed by atoms with Crippen LogP contribution in [0.2, 0.25) is 0 Å². The van der Waals surface area contributed by atoms with E-state index in [1.165, 1.54) is 105 Å². The third kappa shape index (κ3) is 8.77. The highest BCUT2D eigenvalue weighted by molar-refractivity contribution is 6.25. The second kappa shape index (κ2) is 20.0. The lowest BCUT2D eigenvalue weighted by Crippen LogP contribution is -2.09. The van der Waals surface area contributed by atoms with Gasteiger partial charge in [0.25, 0.3) is 0 Å². The molecule has 0 aliphatic rings. The van der Waals surface area contributed by atoms with Gasteiger partial charge in [0.1, 0.15) is 0 Å². The number of hydrogen-bond acceptors (Lipinski definition) is 1. The summed E-state index contributed by atoms with van der Waals surface area (Å²) in [4.78, 5) is 2.38. The molecule has 0 aromatic heterocycles. The maximum Gasteiger partial charge on any atom is 0.0462 e. The fraction of sp³-hybridized carbons (Fsp3) is 0. The molecule has 0 heterocycles. The molecule has 13 aromatic carbocycles. The van der Waals surface area contributed by atoms with Gasteiger partial charge >= 0.3 is 0 Å². The molecule has 0 saturated carbocycles. The van der Waals surface area contributed by atoms with E-state index in [0.29, 0.717) is 0 Å². The highest BCUT2D eigenvalue weighted by Gasteiger charge is 2.21. The average molecular weight is 954 g/mol. The van der Waals surface area contributed by atoms with Gasteiger partial charge in [0.2, 0.25) is 0 Å². The Bertz CT molecular complexity index is 4080. The van der Waals surface area contributed by atoms with Crippen LogP contribution in [-0.4, -0.2) is 0 Å². The van der Waals surface area contributed by atoms with Crippen molar-refractivity contribution in [2.75, 3.05) is 4.90 Å². The Kier molecular flexibility index (Phi) is 12.0. The number of rotatable bonds is 11. The monoisotopic (exact) mass is 953 g/mol. The first-order valence-corrected chi connectivity index (χ1v) is 25.8. The predicted molar refractivity (Wildman–Crippen MR) is 320 cm³/mol. The van der Waals surface area contributed by atoms with Gasteiger partial charge in [0.15, 0.2) is 0 Å². The molecule has 75 heavy (non-hydrogen) atoms. The molecule has 0 bridgehead atoms. The van der Waals surface area contributed by atoms with Crippen LogP contribution in [0, 0.1) is 0 Å². The molecule has 0 atom stereocenters. The molecule has 13 aromatic rings. The van der Waals surface area contributed by atoms with E-state index in [4.69, 9.17) is 0 Å². The number of hydrogen-bond donors (Lipinski definition) is 0. The lowest BCUT2D eigenvalue weighted by atomic mass is 9.83. The summed E-state index contributed by atoms with van der Waals surface area (Å²) in [5.74, 6) is 0. The summed E-state index contributed by atoms with van der Waals surface area (Å²) in [6.07, 6.45) is 0. The van der Waals surface area contributed by atoms with E-state index in [1.54, 1.807) is 0 Å². The smallest absolute Gasteiger partial charge is 0.0462 e. The number of benzene rings is 13. The minimum absolute atomic E-state index is 1.08. The van der Waals surface area contributed by atoms with Crippen LogP contribution in [0.5, 0.6) is 0 Å². The molecule has 0 N–H and O–H groups in total. The van der Waals surface area contributed by atoms with Crippen LogP contribution in [-0.2, 0) is 0 Å². The maximum absolute atomic E-state index is 2.38. The molecule has 0 aliphatic heterocycles. The van der Waals surface area contributed by atoms with E-state index >= 15 is 0 Å². The van der Waals surface area contributed by atoms with Crippen LogP contribution >= 0.6 is 0 Å². The Balaban J connectivity index is 0.911. The molecule has 0 radical (unpaired) electrons. The van der Waals surface area contributed by atoms with Crippen molar-refractivity contribution in [1.29, 1.82) is 0 Å². The standard InChI is InChI=1S/C74H51N/c1-6-19-52(20-7-1)53-33-35-54(36-34-53)55-37-44-63(45-38-55)75(64-46-39-56(40-47-64)62-43-50-66(57-21-8-2-9-22-57)71(51-62)58-23-10-3-11-24-58)65-48-41-59(42-49-65)67-31-18-32-70-73(61-27-14-5-15-28-61)72(60-25-12-4-13-26-60)68-29-16-17-30-69(68)74(67)70/h1-51H. The van der Waals surface area contributed by atoms with Crippen molar-refractivity contribution < 1.29 is 0 Å². The predicted octanol–water partition coefficient (Wildman–Crippen LogP) is 20.8. The van der Waals surface area contributed by atoms with Gasteiger partial charge < -0.3 is 4.90 Å². The Hall–Kier alpha value is -9.82. The largest absolute Gasteiger partial charge is 0.311 e. The van der Waals surface area contributed by atoms with Gasteiger partial charge in [-0.3, -0.25) is 0 Å². The summed E-state index contributed by atoms with van der Waals surface area (Å²) in [5, 5.41) is 4.98. The van der Waals surface area contributed by atoms with Crippen LogP contribution in [0.1, 0.15) is 0 Å². The molecule has 13 rings (SSSR count). The van der Waals surface area contributed by atoms with Crippen molar-refractivity contribution in [2.45, 2.75) is 0 Å². The van der Waals surface area contributed by atoms with Crippen molar-refractivity contribution in [1.82, 2.24) is 0 Å². The minimum atomic E-state index is 1.08. The second-order valence-electron chi connectivity index (χ2n) is 19.2. The third-order valence-corrected chi connectivity index (χ3v) is 14.7. The van der Waals surface area contributed by atoms with Crippen molar-refractivity contribution in [2.24, 2.45) is 0 Å². The zero-order chi connectivity index (χ0) is 49.9. The molecule has 0 saturated heterocycles. The molecule has 1 heteroatoms. The van der Waals surface area contributed by atoms with Crippen molar-refractivity contribution in [3.63, 3.8) is 0 Å². The number of fused-ring (bicyclic) bond motifs is 3. The Labute approximate surface area is 439 Å². The van der Waals surface area contributed by atoms with Crippen molar-refractivity contribution in [3.05, 3.63) is 309 Å². The highest BCUT2D eigenvalue weighted by atomic mass is 15.1. The molecule has 1 nitrogen and oxygen atoms in total. The van der Waals surface area contributed by atoms with Crippen molar-refractivity contribution >= 4 is 38.6 Å². The zero-order valence-corrected chi connectivity index (χ0v) is 41.4.